The van der Waals surface area contributed by atoms with Gasteiger partial charge < -0.3 is 10.2 Å². The molecular weight excluding hydrogens is 186 g/mol. The van der Waals surface area contributed by atoms with E-state index in [9.17, 15) is 0 Å². The Balaban J connectivity index is 1.76. The van der Waals surface area contributed by atoms with Crippen LogP contribution in [0.2, 0.25) is 0 Å². The molecule has 2 heteroatoms. The Morgan fingerprint density at radius 1 is 1.33 bits per heavy atom. The van der Waals surface area contributed by atoms with E-state index in [-0.39, 0.29) is 0 Å². The number of hydrogen-bond acceptors (Lipinski definition) is 2. The average Bonchev–Trinajstić information content (AvgIpc) is 2.99. The summed E-state index contributed by atoms with van der Waals surface area (Å²) in [5, 5.41) is 0. The van der Waals surface area contributed by atoms with Crippen LogP contribution in [-0.2, 0) is 12.8 Å². The maximum Gasteiger partial charge on any atom is 0.107 e. The second-order valence-corrected chi connectivity index (χ2v) is 5.06. The van der Waals surface area contributed by atoms with Crippen molar-refractivity contribution >= 4 is 0 Å². The van der Waals surface area contributed by atoms with Crippen LogP contribution >= 0.6 is 0 Å². The Bertz CT molecular complexity index is 351. The van der Waals surface area contributed by atoms with Gasteiger partial charge in [-0.3, -0.25) is 0 Å². The first kappa shape index (κ1) is 9.46. The molecule has 1 fully saturated rings. The summed E-state index contributed by atoms with van der Waals surface area (Å²) in [6, 6.07) is 2.31. The smallest absolute Gasteiger partial charge is 0.107 e. The molecule has 0 saturated heterocycles. The van der Waals surface area contributed by atoms with Gasteiger partial charge in [0, 0.05) is 12.3 Å². The maximum absolute atomic E-state index is 5.97. The van der Waals surface area contributed by atoms with Crippen molar-refractivity contribution < 1.29 is 4.42 Å². The molecule has 1 aromatic heterocycles. The maximum atomic E-state index is 5.97. The largest absolute Gasteiger partial charge is 0.465 e. The molecule has 3 rings (SSSR count). The highest BCUT2D eigenvalue weighted by molar-refractivity contribution is 5.28. The van der Waals surface area contributed by atoms with E-state index in [1.54, 1.807) is 0 Å². The molecule has 1 unspecified atom stereocenters. The fourth-order valence-electron chi connectivity index (χ4n) is 2.65. The van der Waals surface area contributed by atoms with E-state index in [4.69, 9.17) is 10.2 Å². The lowest BCUT2D eigenvalue weighted by molar-refractivity contribution is 0.366. The number of rotatable bonds is 3. The highest BCUT2D eigenvalue weighted by Crippen LogP contribution is 2.43. The van der Waals surface area contributed by atoms with Crippen molar-refractivity contribution in [3.63, 3.8) is 0 Å². The van der Waals surface area contributed by atoms with E-state index in [1.807, 2.05) is 0 Å². The van der Waals surface area contributed by atoms with E-state index < -0.39 is 0 Å². The molecule has 1 atom stereocenters. The molecule has 2 aliphatic rings. The molecule has 0 aromatic carbocycles. The van der Waals surface area contributed by atoms with Gasteiger partial charge in [0.25, 0.3) is 0 Å². The van der Waals surface area contributed by atoms with Crippen LogP contribution in [0.25, 0.3) is 0 Å². The van der Waals surface area contributed by atoms with Crippen LogP contribution in [0.15, 0.2) is 10.5 Å². The Hall–Kier alpha value is -0.760. The van der Waals surface area contributed by atoms with E-state index in [0.29, 0.717) is 0 Å². The molecule has 0 radical (unpaired) electrons. The zero-order valence-corrected chi connectivity index (χ0v) is 9.17. The van der Waals surface area contributed by atoms with Crippen molar-refractivity contribution in [3.8, 4) is 0 Å². The van der Waals surface area contributed by atoms with Crippen molar-refractivity contribution in [1.29, 1.82) is 0 Å². The van der Waals surface area contributed by atoms with Gasteiger partial charge in [-0.25, -0.2) is 0 Å². The Morgan fingerprint density at radius 3 is 2.93 bits per heavy atom. The van der Waals surface area contributed by atoms with Gasteiger partial charge >= 0.3 is 0 Å². The summed E-state index contributed by atoms with van der Waals surface area (Å²) in [7, 11) is 0. The van der Waals surface area contributed by atoms with E-state index in [0.717, 1.165) is 31.2 Å². The summed E-state index contributed by atoms with van der Waals surface area (Å²) < 4.78 is 5.97. The van der Waals surface area contributed by atoms with Gasteiger partial charge in [-0.15, -0.1) is 0 Å². The van der Waals surface area contributed by atoms with Crippen LogP contribution in [0.5, 0.6) is 0 Å². The Kier molecular flexibility index (Phi) is 2.32. The van der Waals surface area contributed by atoms with Crippen LogP contribution in [-0.4, -0.2) is 6.54 Å². The van der Waals surface area contributed by atoms with Crippen molar-refractivity contribution in [2.45, 2.75) is 44.4 Å². The lowest BCUT2D eigenvalue weighted by Gasteiger charge is -2.19. The lowest BCUT2D eigenvalue weighted by atomic mass is 9.86. The van der Waals surface area contributed by atoms with Crippen LogP contribution in [0, 0.1) is 5.92 Å². The van der Waals surface area contributed by atoms with Gasteiger partial charge in [-0.1, -0.05) is 0 Å². The molecule has 0 aliphatic heterocycles. The Morgan fingerprint density at radius 2 is 2.20 bits per heavy atom. The van der Waals surface area contributed by atoms with Gasteiger partial charge in [-0.05, 0) is 56.2 Å². The van der Waals surface area contributed by atoms with Crippen molar-refractivity contribution in [2.24, 2.45) is 11.7 Å². The molecule has 0 spiro atoms. The predicted octanol–water partition coefficient (Wildman–Crippen LogP) is 2.61. The van der Waals surface area contributed by atoms with Crippen LogP contribution in [0.4, 0.5) is 0 Å². The van der Waals surface area contributed by atoms with Crippen molar-refractivity contribution in [1.82, 2.24) is 0 Å². The van der Waals surface area contributed by atoms with E-state index >= 15 is 0 Å². The topological polar surface area (TPSA) is 39.2 Å². The van der Waals surface area contributed by atoms with Crippen LogP contribution in [0.1, 0.15) is 48.7 Å². The van der Waals surface area contributed by atoms with Crippen molar-refractivity contribution in [2.75, 3.05) is 6.54 Å². The molecule has 0 bridgehead atoms. The highest BCUT2D eigenvalue weighted by atomic mass is 16.3. The fourth-order valence-corrected chi connectivity index (χ4v) is 2.65. The van der Waals surface area contributed by atoms with Crippen molar-refractivity contribution in [3.05, 3.63) is 23.2 Å². The molecular formula is C13H19NO. The zero-order valence-electron chi connectivity index (χ0n) is 9.17. The third kappa shape index (κ3) is 1.83. The first-order chi connectivity index (χ1) is 7.36. The molecule has 1 heterocycles. The summed E-state index contributed by atoms with van der Waals surface area (Å²) in [5.74, 6) is 4.04. The lowest BCUT2D eigenvalue weighted by Crippen LogP contribution is -2.16. The highest BCUT2D eigenvalue weighted by Gasteiger charge is 2.30. The Labute approximate surface area is 90.8 Å². The summed E-state index contributed by atoms with van der Waals surface area (Å²) in [6.45, 7) is 0.816. The minimum Gasteiger partial charge on any atom is -0.465 e. The van der Waals surface area contributed by atoms with Crippen LogP contribution in [0.3, 0.4) is 0 Å². The number of aryl methyl sites for hydroxylation is 1. The molecule has 1 aromatic rings. The minimum absolute atomic E-state index is 0.753. The summed E-state index contributed by atoms with van der Waals surface area (Å²) >= 11 is 0. The summed E-state index contributed by atoms with van der Waals surface area (Å²) in [5.41, 5.74) is 7.09. The minimum atomic E-state index is 0.753. The molecule has 2 aliphatic carbocycles. The molecule has 15 heavy (non-hydrogen) atoms. The quantitative estimate of drug-likeness (QED) is 0.823. The second-order valence-electron chi connectivity index (χ2n) is 5.06. The fraction of sp³-hybridized carbons (Fsp3) is 0.692. The number of furan rings is 1. The molecule has 2 N–H and O–H groups in total. The van der Waals surface area contributed by atoms with Gasteiger partial charge in [0.05, 0.1) is 0 Å². The predicted molar refractivity (Wildman–Crippen MR) is 59.9 cm³/mol. The summed E-state index contributed by atoms with van der Waals surface area (Å²) in [4.78, 5) is 0. The van der Waals surface area contributed by atoms with E-state index in [2.05, 4.69) is 6.07 Å². The second kappa shape index (κ2) is 3.67. The molecule has 1 saturated carbocycles. The van der Waals surface area contributed by atoms with Crippen LogP contribution < -0.4 is 5.73 Å². The average molecular weight is 205 g/mol. The third-order valence-corrected chi connectivity index (χ3v) is 3.77. The third-order valence-electron chi connectivity index (χ3n) is 3.77. The number of hydrogen-bond donors (Lipinski definition) is 1. The zero-order chi connectivity index (χ0) is 10.3. The van der Waals surface area contributed by atoms with Gasteiger partial charge in [0.15, 0.2) is 0 Å². The number of nitrogens with two attached hydrogens (primary N) is 1. The molecule has 0 amide bonds. The summed E-state index contributed by atoms with van der Waals surface area (Å²) in [6.07, 6.45) is 7.44. The van der Waals surface area contributed by atoms with E-state index in [1.165, 1.54) is 42.8 Å². The van der Waals surface area contributed by atoms with Gasteiger partial charge in [0.2, 0.25) is 0 Å². The number of fused-ring (bicyclic) bond motifs is 1. The monoisotopic (exact) mass is 205 g/mol. The molecule has 2 nitrogen and oxygen atoms in total. The van der Waals surface area contributed by atoms with Gasteiger partial charge in [0.1, 0.15) is 11.5 Å². The normalized spacial score (nSPS) is 25.3. The first-order valence-electron chi connectivity index (χ1n) is 6.18. The molecule has 82 valence electrons. The SMILES string of the molecule is NCCC1CCc2cc(C3CC3)oc2C1. The standard InChI is InChI=1S/C13H19NO/c14-6-5-9-1-2-11-8-13(10-3-4-10)15-12(11)7-9/h8-10H,1-7,14H2. The first-order valence-corrected chi connectivity index (χ1v) is 6.18. The van der Waals surface area contributed by atoms with Gasteiger partial charge in [-0.2, -0.15) is 0 Å².